The number of rotatable bonds is 2. The molecule has 0 bridgehead atoms. The van der Waals surface area contributed by atoms with Crippen LogP contribution in [0, 0.1) is 5.92 Å². The van der Waals surface area contributed by atoms with Crippen molar-refractivity contribution >= 4 is 0 Å². The topological polar surface area (TPSA) is 18.5 Å². The van der Waals surface area contributed by atoms with Gasteiger partial charge in [0.05, 0.1) is 0 Å². The van der Waals surface area contributed by atoms with Gasteiger partial charge in [-0.15, -0.1) is 0 Å². The third kappa shape index (κ3) is 3.02. The van der Waals surface area contributed by atoms with Gasteiger partial charge in [-0.05, 0) is 44.6 Å². The van der Waals surface area contributed by atoms with Crippen molar-refractivity contribution in [1.29, 1.82) is 0 Å². The molecule has 3 aliphatic heterocycles. The van der Waals surface area contributed by atoms with E-state index >= 15 is 0 Å². The molecule has 4 rings (SSSR count). The molecular weight excluding hydrogens is 258 g/mol. The van der Waals surface area contributed by atoms with Crippen LogP contribution in [0.2, 0.25) is 0 Å². The molecule has 3 atom stereocenters. The molecule has 0 radical (unpaired) electrons. The number of piperidine rings is 1. The standard InChI is InChI=1S/C18H33N3/c1-2-6-15(7-3-1)16-14-21(13-10-19-16)18-9-12-20-11-5-4-8-17(18)20/h15-19H,1-14H2. The van der Waals surface area contributed by atoms with Gasteiger partial charge in [0.15, 0.2) is 0 Å². The Labute approximate surface area is 130 Å². The molecule has 1 aliphatic carbocycles. The van der Waals surface area contributed by atoms with Crippen LogP contribution in [-0.4, -0.2) is 60.6 Å². The molecule has 21 heavy (non-hydrogen) atoms. The van der Waals surface area contributed by atoms with Crippen molar-refractivity contribution in [1.82, 2.24) is 15.1 Å². The number of fused-ring (bicyclic) bond motifs is 1. The molecule has 3 saturated heterocycles. The summed E-state index contributed by atoms with van der Waals surface area (Å²) in [6.45, 7) is 6.59. The van der Waals surface area contributed by atoms with E-state index in [9.17, 15) is 0 Å². The largest absolute Gasteiger partial charge is 0.311 e. The Morgan fingerprint density at radius 3 is 2.38 bits per heavy atom. The highest BCUT2D eigenvalue weighted by molar-refractivity contribution is 4.98. The zero-order valence-electron chi connectivity index (χ0n) is 13.6. The third-order valence-corrected chi connectivity index (χ3v) is 6.75. The van der Waals surface area contributed by atoms with Gasteiger partial charge in [0.1, 0.15) is 0 Å². The summed E-state index contributed by atoms with van der Waals surface area (Å²) in [6, 6.07) is 2.55. The lowest BCUT2D eigenvalue weighted by atomic mass is 9.82. The van der Waals surface area contributed by atoms with Crippen LogP contribution < -0.4 is 5.32 Å². The molecule has 3 heterocycles. The van der Waals surface area contributed by atoms with Crippen LogP contribution in [0.4, 0.5) is 0 Å². The minimum Gasteiger partial charge on any atom is -0.311 e. The van der Waals surface area contributed by atoms with Gasteiger partial charge in [-0.1, -0.05) is 25.7 Å². The van der Waals surface area contributed by atoms with E-state index in [0.29, 0.717) is 0 Å². The Morgan fingerprint density at radius 1 is 0.667 bits per heavy atom. The first kappa shape index (κ1) is 14.5. The van der Waals surface area contributed by atoms with Crippen molar-refractivity contribution in [3.63, 3.8) is 0 Å². The Kier molecular flexibility index (Phi) is 4.52. The molecule has 3 heteroatoms. The lowest BCUT2D eigenvalue weighted by molar-refractivity contribution is 0.0729. The average molecular weight is 291 g/mol. The Balaban J connectivity index is 1.38. The molecular formula is C18H33N3. The molecule has 1 N–H and O–H groups in total. The zero-order chi connectivity index (χ0) is 14.1. The highest BCUT2D eigenvalue weighted by Crippen LogP contribution is 2.33. The minimum atomic E-state index is 0.789. The molecule has 1 saturated carbocycles. The molecule has 4 fully saturated rings. The molecule has 0 aromatic carbocycles. The lowest BCUT2D eigenvalue weighted by Gasteiger charge is -2.44. The van der Waals surface area contributed by atoms with E-state index in [1.54, 1.807) is 0 Å². The van der Waals surface area contributed by atoms with Crippen LogP contribution in [-0.2, 0) is 0 Å². The van der Waals surface area contributed by atoms with E-state index in [4.69, 9.17) is 0 Å². The summed E-state index contributed by atoms with van der Waals surface area (Å²) in [6.07, 6.45) is 13.2. The van der Waals surface area contributed by atoms with Crippen LogP contribution in [0.5, 0.6) is 0 Å². The minimum absolute atomic E-state index is 0.789. The van der Waals surface area contributed by atoms with Crippen molar-refractivity contribution < 1.29 is 0 Å². The van der Waals surface area contributed by atoms with E-state index in [2.05, 4.69) is 15.1 Å². The van der Waals surface area contributed by atoms with E-state index in [1.807, 2.05) is 0 Å². The fraction of sp³-hybridized carbons (Fsp3) is 1.00. The van der Waals surface area contributed by atoms with Crippen LogP contribution in [0.3, 0.4) is 0 Å². The van der Waals surface area contributed by atoms with Crippen LogP contribution in [0.15, 0.2) is 0 Å². The first-order valence-electron chi connectivity index (χ1n) is 9.63. The summed E-state index contributed by atoms with van der Waals surface area (Å²) in [7, 11) is 0. The number of nitrogens with zero attached hydrogens (tertiary/aromatic N) is 2. The summed E-state index contributed by atoms with van der Waals surface area (Å²) < 4.78 is 0. The van der Waals surface area contributed by atoms with Crippen molar-refractivity contribution in [2.24, 2.45) is 5.92 Å². The SMILES string of the molecule is C1CCC(C2CN(C3CCN4CCCCC34)CCN2)CC1. The monoisotopic (exact) mass is 291 g/mol. The van der Waals surface area contributed by atoms with Gasteiger partial charge in [-0.3, -0.25) is 9.80 Å². The first-order chi connectivity index (χ1) is 10.4. The van der Waals surface area contributed by atoms with Crippen molar-refractivity contribution in [2.45, 2.75) is 75.9 Å². The predicted molar refractivity (Wildman–Crippen MR) is 87.6 cm³/mol. The van der Waals surface area contributed by atoms with Gasteiger partial charge in [-0.25, -0.2) is 0 Å². The van der Waals surface area contributed by atoms with Gasteiger partial charge in [0.2, 0.25) is 0 Å². The first-order valence-corrected chi connectivity index (χ1v) is 9.63. The number of hydrogen-bond acceptors (Lipinski definition) is 3. The number of nitrogens with one attached hydrogen (secondary N) is 1. The van der Waals surface area contributed by atoms with Crippen molar-refractivity contribution in [2.75, 3.05) is 32.7 Å². The maximum atomic E-state index is 3.86. The van der Waals surface area contributed by atoms with E-state index < -0.39 is 0 Å². The second-order valence-corrected chi connectivity index (χ2v) is 7.91. The highest BCUT2D eigenvalue weighted by Gasteiger charge is 2.40. The fourth-order valence-corrected chi connectivity index (χ4v) is 5.60. The maximum Gasteiger partial charge on any atom is 0.0264 e. The van der Waals surface area contributed by atoms with Crippen molar-refractivity contribution in [3.8, 4) is 0 Å². The summed E-state index contributed by atoms with van der Waals surface area (Å²) in [5.41, 5.74) is 0. The Bertz CT molecular complexity index is 339. The van der Waals surface area contributed by atoms with Gasteiger partial charge in [0.25, 0.3) is 0 Å². The smallest absolute Gasteiger partial charge is 0.0264 e. The average Bonchev–Trinajstić information content (AvgIpc) is 3.00. The molecule has 0 spiro atoms. The molecule has 0 aromatic rings. The Morgan fingerprint density at radius 2 is 1.48 bits per heavy atom. The molecule has 4 aliphatic rings. The van der Waals surface area contributed by atoms with Gasteiger partial charge >= 0.3 is 0 Å². The summed E-state index contributed by atoms with van der Waals surface area (Å²) in [5.74, 6) is 0.963. The van der Waals surface area contributed by atoms with Gasteiger partial charge in [-0.2, -0.15) is 0 Å². The summed E-state index contributed by atoms with van der Waals surface area (Å²) in [4.78, 5) is 5.68. The zero-order valence-corrected chi connectivity index (χ0v) is 13.6. The summed E-state index contributed by atoms with van der Waals surface area (Å²) in [5, 5.41) is 3.86. The van der Waals surface area contributed by atoms with E-state index in [1.165, 1.54) is 90.5 Å². The van der Waals surface area contributed by atoms with Gasteiger partial charge < -0.3 is 5.32 Å². The predicted octanol–water partition coefficient (Wildman–Crippen LogP) is 2.47. The lowest BCUT2D eigenvalue weighted by Crippen LogP contribution is -2.59. The number of piperazine rings is 1. The second-order valence-electron chi connectivity index (χ2n) is 7.91. The third-order valence-electron chi connectivity index (χ3n) is 6.75. The molecule has 120 valence electrons. The summed E-state index contributed by atoms with van der Waals surface area (Å²) >= 11 is 0. The van der Waals surface area contributed by atoms with Crippen LogP contribution in [0.1, 0.15) is 57.8 Å². The van der Waals surface area contributed by atoms with E-state index in [-0.39, 0.29) is 0 Å². The molecule has 0 amide bonds. The second kappa shape index (κ2) is 6.55. The van der Waals surface area contributed by atoms with Crippen LogP contribution in [0.25, 0.3) is 0 Å². The Hall–Kier alpha value is -0.120. The molecule has 3 nitrogen and oxygen atoms in total. The quantitative estimate of drug-likeness (QED) is 0.843. The highest BCUT2D eigenvalue weighted by atomic mass is 15.3. The van der Waals surface area contributed by atoms with Crippen LogP contribution >= 0.6 is 0 Å². The van der Waals surface area contributed by atoms with Crippen molar-refractivity contribution in [3.05, 3.63) is 0 Å². The van der Waals surface area contributed by atoms with E-state index in [0.717, 1.165) is 24.0 Å². The molecule has 3 unspecified atom stereocenters. The van der Waals surface area contributed by atoms with Gasteiger partial charge in [0, 0.05) is 44.3 Å². The molecule has 0 aromatic heterocycles. The number of hydrogen-bond donors (Lipinski definition) is 1. The fourth-order valence-electron chi connectivity index (χ4n) is 5.60. The maximum absolute atomic E-state index is 3.86. The normalized spacial score (nSPS) is 40.3.